The van der Waals surface area contributed by atoms with E-state index >= 15 is 0 Å². The Morgan fingerprint density at radius 2 is 1.40 bits per heavy atom. The molecule has 2 amide bonds. The molecule has 45 heavy (non-hydrogen) atoms. The van der Waals surface area contributed by atoms with Gasteiger partial charge in [0.25, 0.3) is 0 Å². The van der Waals surface area contributed by atoms with Crippen LogP contribution in [0.2, 0.25) is 0 Å². The molecule has 4 aromatic rings. The van der Waals surface area contributed by atoms with Gasteiger partial charge in [-0.3, -0.25) is 4.90 Å². The number of benzene rings is 2. The van der Waals surface area contributed by atoms with Gasteiger partial charge in [0.1, 0.15) is 22.8 Å². The molecule has 0 unspecified atom stereocenters. The lowest BCUT2D eigenvalue weighted by Crippen LogP contribution is -2.53. The summed E-state index contributed by atoms with van der Waals surface area (Å²) >= 11 is 0. The first-order chi connectivity index (χ1) is 21.1. The van der Waals surface area contributed by atoms with E-state index in [4.69, 9.17) is 9.72 Å². The molecule has 0 saturated carbocycles. The molecule has 5 rings (SSSR count). The van der Waals surface area contributed by atoms with E-state index < -0.39 is 23.3 Å². The van der Waals surface area contributed by atoms with Gasteiger partial charge in [0.2, 0.25) is 0 Å². The molecule has 1 aliphatic rings. The van der Waals surface area contributed by atoms with Crippen LogP contribution in [-0.4, -0.2) is 66.2 Å². The number of carboxylic acid groups (broad SMARTS) is 1. The highest BCUT2D eigenvalue weighted by Crippen LogP contribution is 2.50. The zero-order valence-electron chi connectivity index (χ0n) is 27.4. The van der Waals surface area contributed by atoms with Gasteiger partial charge in [0.05, 0.1) is 29.8 Å². The first-order valence-corrected chi connectivity index (χ1v) is 15.4. The van der Waals surface area contributed by atoms with Gasteiger partial charge in [-0.2, -0.15) is 0 Å². The molecule has 2 aromatic carbocycles. The van der Waals surface area contributed by atoms with E-state index in [1.807, 2.05) is 39.8 Å². The SMILES string of the molecule is C[C@@H](c1ncc(-c2ccc(-c3ccc(-c4cnc([C@@]5(C(C)(C)C)CCCN5C(=O)O)[nH]4)cc3)cc2)[nH]1)N(C)C(=O)OC(C)(C)C. The van der Waals surface area contributed by atoms with E-state index in [-0.39, 0.29) is 11.5 Å². The van der Waals surface area contributed by atoms with Crippen molar-refractivity contribution in [3.63, 3.8) is 0 Å². The van der Waals surface area contributed by atoms with Crippen LogP contribution in [0.3, 0.4) is 0 Å². The lowest BCUT2D eigenvalue weighted by molar-refractivity contribution is 0.0215. The lowest BCUT2D eigenvalue weighted by atomic mass is 9.71. The maximum Gasteiger partial charge on any atom is 0.410 e. The van der Waals surface area contributed by atoms with Crippen LogP contribution in [0.4, 0.5) is 9.59 Å². The largest absolute Gasteiger partial charge is 0.465 e. The maximum atomic E-state index is 12.5. The number of hydrogen-bond donors (Lipinski definition) is 3. The van der Waals surface area contributed by atoms with Crippen molar-refractivity contribution in [1.82, 2.24) is 29.7 Å². The van der Waals surface area contributed by atoms with Gasteiger partial charge in [0.15, 0.2) is 0 Å². The Bertz CT molecular complexity index is 1660. The number of H-pyrrole nitrogens is 2. The Hall–Kier alpha value is -4.60. The smallest absolute Gasteiger partial charge is 0.410 e. The highest BCUT2D eigenvalue weighted by Gasteiger charge is 2.55. The van der Waals surface area contributed by atoms with E-state index in [1.54, 1.807) is 24.3 Å². The number of aromatic nitrogens is 4. The Morgan fingerprint density at radius 3 is 1.91 bits per heavy atom. The third-order valence-electron chi connectivity index (χ3n) is 8.80. The second kappa shape index (κ2) is 11.7. The third kappa shape index (κ3) is 6.18. The van der Waals surface area contributed by atoms with Crippen molar-refractivity contribution in [2.45, 2.75) is 78.5 Å². The maximum absolute atomic E-state index is 12.5. The summed E-state index contributed by atoms with van der Waals surface area (Å²) in [6.45, 7) is 14.2. The van der Waals surface area contributed by atoms with Crippen LogP contribution in [0.5, 0.6) is 0 Å². The average molecular weight is 613 g/mol. The standard InChI is InChI=1S/C35H44N6O4/c1-22(40(8)32(44)45-34(5,6)7)29-36-20-27(38-29)25-14-10-23(11-15-25)24-12-16-26(17-13-24)28-21-37-30(39-28)35(33(2,3)4)18-9-19-41(35)31(42)43/h10-17,20-22H,9,18-19H2,1-8H3,(H,36,38)(H,37,39)(H,42,43)/t22-,35+/m0/s1. The van der Waals surface area contributed by atoms with Gasteiger partial charge in [-0.25, -0.2) is 19.6 Å². The van der Waals surface area contributed by atoms with Crippen LogP contribution in [0.25, 0.3) is 33.6 Å². The summed E-state index contributed by atoms with van der Waals surface area (Å²) in [7, 11) is 1.71. The molecule has 0 bridgehead atoms. The second-order valence-electron chi connectivity index (χ2n) is 13.9. The molecule has 10 nitrogen and oxygen atoms in total. The minimum Gasteiger partial charge on any atom is -0.465 e. The molecule has 0 aliphatic carbocycles. The van der Waals surface area contributed by atoms with Crippen molar-refractivity contribution in [2.24, 2.45) is 5.41 Å². The molecular formula is C35H44N6O4. The van der Waals surface area contributed by atoms with E-state index in [2.05, 4.69) is 72.1 Å². The predicted octanol–water partition coefficient (Wildman–Crippen LogP) is 8.08. The molecule has 3 heterocycles. The first-order valence-electron chi connectivity index (χ1n) is 15.4. The number of amides is 2. The normalized spacial score (nSPS) is 17.7. The number of carbonyl (C=O) groups excluding carboxylic acids is 1. The zero-order chi connectivity index (χ0) is 32.7. The van der Waals surface area contributed by atoms with Crippen molar-refractivity contribution >= 4 is 12.2 Å². The molecule has 2 atom stereocenters. The summed E-state index contributed by atoms with van der Waals surface area (Å²) in [5.74, 6) is 1.37. The highest BCUT2D eigenvalue weighted by molar-refractivity contribution is 5.72. The van der Waals surface area contributed by atoms with Gasteiger partial charge < -0.3 is 24.7 Å². The van der Waals surface area contributed by atoms with Gasteiger partial charge >= 0.3 is 12.2 Å². The number of hydrogen-bond acceptors (Lipinski definition) is 5. The predicted molar refractivity (Wildman–Crippen MR) is 175 cm³/mol. The second-order valence-corrected chi connectivity index (χ2v) is 13.9. The van der Waals surface area contributed by atoms with Crippen molar-refractivity contribution in [3.05, 3.63) is 72.6 Å². The van der Waals surface area contributed by atoms with Crippen molar-refractivity contribution in [3.8, 4) is 33.6 Å². The van der Waals surface area contributed by atoms with Crippen molar-refractivity contribution in [2.75, 3.05) is 13.6 Å². The summed E-state index contributed by atoms with van der Waals surface area (Å²) in [6, 6.07) is 16.2. The molecule has 0 radical (unpaired) electrons. The quantitative estimate of drug-likeness (QED) is 0.202. The minimum atomic E-state index is -0.913. The van der Waals surface area contributed by atoms with Crippen LogP contribution >= 0.6 is 0 Å². The average Bonchev–Trinajstić information content (AvgIpc) is 3.75. The van der Waals surface area contributed by atoms with Crippen LogP contribution < -0.4 is 0 Å². The number of likely N-dealkylation sites (tertiary alicyclic amines) is 1. The summed E-state index contributed by atoms with van der Waals surface area (Å²) in [5.41, 5.74) is 4.22. The van der Waals surface area contributed by atoms with E-state index in [0.717, 1.165) is 46.5 Å². The number of ether oxygens (including phenoxy) is 1. The molecule has 1 saturated heterocycles. The van der Waals surface area contributed by atoms with Crippen molar-refractivity contribution in [1.29, 1.82) is 0 Å². The zero-order valence-corrected chi connectivity index (χ0v) is 27.4. The Balaban J connectivity index is 1.30. The highest BCUT2D eigenvalue weighted by atomic mass is 16.6. The minimum absolute atomic E-state index is 0.286. The van der Waals surface area contributed by atoms with Gasteiger partial charge in [0, 0.05) is 13.6 Å². The van der Waals surface area contributed by atoms with E-state index in [0.29, 0.717) is 18.2 Å². The fourth-order valence-electron chi connectivity index (χ4n) is 6.19. The number of aromatic amines is 2. The fraction of sp³-hybridized carbons (Fsp3) is 0.429. The summed E-state index contributed by atoms with van der Waals surface area (Å²) in [6.07, 6.45) is 3.80. The summed E-state index contributed by atoms with van der Waals surface area (Å²) < 4.78 is 5.49. The molecule has 2 aromatic heterocycles. The van der Waals surface area contributed by atoms with Gasteiger partial charge in [-0.15, -0.1) is 0 Å². The Morgan fingerprint density at radius 1 is 0.889 bits per heavy atom. The number of rotatable bonds is 6. The first kappa shape index (κ1) is 31.8. The van der Waals surface area contributed by atoms with Crippen LogP contribution in [-0.2, 0) is 10.3 Å². The fourth-order valence-corrected chi connectivity index (χ4v) is 6.19. The molecule has 0 spiro atoms. The van der Waals surface area contributed by atoms with E-state index in [1.165, 1.54) is 4.90 Å². The molecule has 1 aliphatic heterocycles. The Labute approximate surface area is 264 Å². The molecule has 238 valence electrons. The lowest BCUT2D eigenvalue weighted by Gasteiger charge is -2.45. The van der Waals surface area contributed by atoms with Gasteiger partial charge in [-0.1, -0.05) is 69.3 Å². The summed E-state index contributed by atoms with van der Waals surface area (Å²) in [4.78, 5) is 43.8. The third-order valence-corrected chi connectivity index (χ3v) is 8.80. The number of imidazole rings is 2. The molecule has 10 heteroatoms. The molecule has 1 fully saturated rings. The van der Waals surface area contributed by atoms with E-state index in [9.17, 15) is 14.7 Å². The molecule has 3 N–H and O–H groups in total. The number of nitrogens with zero attached hydrogens (tertiary/aromatic N) is 4. The topological polar surface area (TPSA) is 127 Å². The van der Waals surface area contributed by atoms with Crippen molar-refractivity contribution < 1.29 is 19.4 Å². The summed E-state index contributed by atoms with van der Waals surface area (Å²) in [5, 5.41) is 9.97. The monoisotopic (exact) mass is 612 g/mol. The van der Waals surface area contributed by atoms with Crippen LogP contribution in [0.15, 0.2) is 60.9 Å². The Kier molecular flexibility index (Phi) is 8.29. The molecular weight excluding hydrogens is 568 g/mol. The number of nitrogens with one attached hydrogen (secondary N) is 2. The van der Waals surface area contributed by atoms with Crippen LogP contribution in [0.1, 0.15) is 79.0 Å². The number of carbonyl (C=O) groups is 2. The van der Waals surface area contributed by atoms with Crippen LogP contribution in [0, 0.1) is 5.41 Å². The van der Waals surface area contributed by atoms with Gasteiger partial charge in [-0.05, 0) is 68.2 Å².